The molecule has 0 aliphatic carbocycles. The second-order valence-electron chi connectivity index (χ2n) is 4.07. The molecule has 1 N–H and O–H groups in total. The number of benzene rings is 1. The van der Waals surface area contributed by atoms with Crippen LogP contribution >= 0.6 is 15.9 Å². The van der Waals surface area contributed by atoms with Crippen molar-refractivity contribution in [1.82, 2.24) is 5.32 Å². The smallest absolute Gasteiger partial charge is 0.491 e. The topological polar surface area (TPSA) is 30.5 Å². The molecule has 7 heteroatoms. The summed E-state index contributed by atoms with van der Waals surface area (Å²) in [6.07, 6.45) is -3.61. The van der Waals surface area contributed by atoms with E-state index in [4.69, 9.17) is 4.74 Å². The normalized spacial score (nSPS) is 11.7. The van der Waals surface area contributed by atoms with E-state index in [0.717, 1.165) is 23.0 Å². The minimum absolute atomic E-state index is 0.151. The molecule has 0 heterocycles. The van der Waals surface area contributed by atoms with Gasteiger partial charge < -0.3 is 10.1 Å². The zero-order valence-electron chi connectivity index (χ0n) is 11.1. The van der Waals surface area contributed by atoms with E-state index in [2.05, 4.69) is 32.9 Å². The predicted molar refractivity (Wildman–Crippen MR) is 73.6 cm³/mol. The van der Waals surface area contributed by atoms with Gasteiger partial charge in [0.25, 0.3) is 0 Å². The van der Waals surface area contributed by atoms with Crippen molar-refractivity contribution in [2.75, 3.05) is 19.8 Å². The third kappa shape index (κ3) is 7.12. The van der Waals surface area contributed by atoms with Gasteiger partial charge in [0.2, 0.25) is 0 Å². The van der Waals surface area contributed by atoms with Gasteiger partial charge in [0.05, 0.1) is 6.61 Å². The molecule has 0 aliphatic rings. The SMILES string of the molecule is CCCNCc1cc(Br)ccc1OCCOC(F)(F)F. The number of rotatable bonds is 8. The molecule has 0 unspecified atom stereocenters. The van der Waals surface area contributed by atoms with Crippen molar-refractivity contribution in [1.29, 1.82) is 0 Å². The average Bonchev–Trinajstić information content (AvgIpc) is 2.36. The Labute approximate surface area is 124 Å². The number of ether oxygens (including phenoxy) is 2. The molecule has 0 fully saturated rings. The highest BCUT2D eigenvalue weighted by molar-refractivity contribution is 9.10. The molecule has 1 aromatic carbocycles. The summed E-state index contributed by atoms with van der Waals surface area (Å²) in [6.45, 7) is 2.84. The Kier molecular flexibility index (Phi) is 7.32. The summed E-state index contributed by atoms with van der Waals surface area (Å²) in [7, 11) is 0. The number of halogens is 4. The zero-order valence-corrected chi connectivity index (χ0v) is 12.7. The molecule has 0 aromatic heterocycles. The Balaban J connectivity index is 2.51. The number of hydrogen-bond acceptors (Lipinski definition) is 3. The van der Waals surface area contributed by atoms with Crippen LogP contribution in [0.3, 0.4) is 0 Å². The van der Waals surface area contributed by atoms with Crippen molar-refractivity contribution in [3.05, 3.63) is 28.2 Å². The lowest BCUT2D eigenvalue weighted by Crippen LogP contribution is -2.19. The standard InChI is InChI=1S/C13H17BrF3NO2/c1-2-5-18-9-10-8-11(14)3-4-12(10)19-6-7-20-13(15,16)17/h3-4,8,18H,2,5-7,9H2,1H3. The highest BCUT2D eigenvalue weighted by Crippen LogP contribution is 2.23. The van der Waals surface area contributed by atoms with E-state index in [-0.39, 0.29) is 6.61 Å². The molecule has 0 saturated carbocycles. The van der Waals surface area contributed by atoms with E-state index in [1.807, 2.05) is 6.07 Å². The van der Waals surface area contributed by atoms with Crippen LogP contribution in [0.25, 0.3) is 0 Å². The Bertz CT molecular complexity index is 413. The Morgan fingerprint density at radius 3 is 2.65 bits per heavy atom. The number of alkyl halides is 3. The molecule has 1 rings (SSSR count). The molecular formula is C13H17BrF3NO2. The number of hydrogen-bond donors (Lipinski definition) is 1. The lowest BCUT2D eigenvalue weighted by molar-refractivity contribution is -0.325. The predicted octanol–water partition coefficient (Wildman–Crippen LogP) is 3.86. The highest BCUT2D eigenvalue weighted by Gasteiger charge is 2.28. The van der Waals surface area contributed by atoms with Crippen molar-refractivity contribution < 1.29 is 22.6 Å². The summed E-state index contributed by atoms with van der Waals surface area (Å²) in [4.78, 5) is 0. The minimum atomic E-state index is -4.62. The Morgan fingerprint density at radius 1 is 1.25 bits per heavy atom. The Hall–Kier alpha value is -0.790. The lowest BCUT2D eigenvalue weighted by Gasteiger charge is -2.13. The van der Waals surface area contributed by atoms with Crippen LogP contribution in [0.1, 0.15) is 18.9 Å². The summed E-state index contributed by atoms with van der Waals surface area (Å²) >= 11 is 3.36. The lowest BCUT2D eigenvalue weighted by atomic mass is 10.2. The summed E-state index contributed by atoms with van der Waals surface area (Å²) in [5.74, 6) is 0.558. The van der Waals surface area contributed by atoms with E-state index in [1.165, 1.54) is 0 Å². The molecule has 0 bridgehead atoms. The van der Waals surface area contributed by atoms with Crippen molar-refractivity contribution >= 4 is 15.9 Å². The molecule has 20 heavy (non-hydrogen) atoms. The van der Waals surface area contributed by atoms with Gasteiger partial charge in [-0.3, -0.25) is 4.74 Å². The number of nitrogens with one attached hydrogen (secondary N) is 1. The monoisotopic (exact) mass is 355 g/mol. The van der Waals surface area contributed by atoms with Crippen LogP contribution in [-0.4, -0.2) is 26.1 Å². The largest absolute Gasteiger partial charge is 0.522 e. The first-order chi connectivity index (χ1) is 9.42. The Morgan fingerprint density at radius 2 is 2.00 bits per heavy atom. The highest BCUT2D eigenvalue weighted by atomic mass is 79.9. The van der Waals surface area contributed by atoms with E-state index >= 15 is 0 Å². The van der Waals surface area contributed by atoms with Crippen LogP contribution in [0.15, 0.2) is 22.7 Å². The summed E-state index contributed by atoms with van der Waals surface area (Å²) in [5.41, 5.74) is 0.889. The van der Waals surface area contributed by atoms with Gasteiger partial charge in [0.15, 0.2) is 0 Å². The molecule has 0 spiro atoms. The van der Waals surface area contributed by atoms with Crippen LogP contribution in [0, 0.1) is 0 Å². The van der Waals surface area contributed by atoms with E-state index in [9.17, 15) is 13.2 Å². The molecule has 0 aliphatic heterocycles. The second kappa shape index (κ2) is 8.49. The van der Waals surface area contributed by atoms with Gasteiger partial charge in [0.1, 0.15) is 12.4 Å². The van der Waals surface area contributed by atoms with Crippen LogP contribution in [-0.2, 0) is 11.3 Å². The van der Waals surface area contributed by atoms with Crippen molar-refractivity contribution in [2.24, 2.45) is 0 Å². The molecular weight excluding hydrogens is 339 g/mol. The van der Waals surface area contributed by atoms with Crippen LogP contribution in [0.4, 0.5) is 13.2 Å². The fourth-order valence-corrected chi connectivity index (χ4v) is 1.94. The van der Waals surface area contributed by atoms with Crippen LogP contribution in [0.2, 0.25) is 0 Å². The molecule has 114 valence electrons. The summed E-state index contributed by atoms with van der Waals surface area (Å²) in [6, 6.07) is 5.38. The molecule has 1 aromatic rings. The van der Waals surface area contributed by atoms with Crippen LogP contribution < -0.4 is 10.1 Å². The second-order valence-corrected chi connectivity index (χ2v) is 4.99. The first-order valence-corrected chi connectivity index (χ1v) is 7.04. The minimum Gasteiger partial charge on any atom is -0.491 e. The quantitative estimate of drug-likeness (QED) is 0.718. The third-order valence-electron chi connectivity index (χ3n) is 2.37. The van der Waals surface area contributed by atoms with Gasteiger partial charge >= 0.3 is 6.36 Å². The van der Waals surface area contributed by atoms with Gasteiger partial charge in [-0.1, -0.05) is 22.9 Å². The molecule has 0 radical (unpaired) electrons. The third-order valence-corrected chi connectivity index (χ3v) is 2.86. The molecule has 0 atom stereocenters. The maximum atomic E-state index is 11.8. The van der Waals surface area contributed by atoms with Crippen LogP contribution in [0.5, 0.6) is 5.75 Å². The van der Waals surface area contributed by atoms with Gasteiger partial charge in [-0.05, 0) is 31.2 Å². The average molecular weight is 356 g/mol. The van der Waals surface area contributed by atoms with Crippen molar-refractivity contribution in [3.8, 4) is 5.75 Å². The summed E-state index contributed by atoms with van der Waals surface area (Å²) in [5, 5.41) is 3.22. The molecule has 0 saturated heterocycles. The van der Waals surface area contributed by atoms with Gasteiger partial charge in [-0.25, -0.2) is 0 Å². The van der Waals surface area contributed by atoms with Gasteiger partial charge in [-0.2, -0.15) is 0 Å². The first kappa shape index (κ1) is 17.3. The molecule has 3 nitrogen and oxygen atoms in total. The zero-order chi connectivity index (χ0) is 15.0. The van der Waals surface area contributed by atoms with Crippen molar-refractivity contribution in [3.63, 3.8) is 0 Å². The van der Waals surface area contributed by atoms with E-state index in [1.54, 1.807) is 12.1 Å². The van der Waals surface area contributed by atoms with E-state index < -0.39 is 13.0 Å². The van der Waals surface area contributed by atoms with Gasteiger partial charge in [-0.15, -0.1) is 13.2 Å². The molecule has 0 amide bonds. The fraction of sp³-hybridized carbons (Fsp3) is 0.538. The maximum Gasteiger partial charge on any atom is 0.522 e. The maximum absolute atomic E-state index is 11.8. The fourth-order valence-electron chi connectivity index (χ4n) is 1.54. The van der Waals surface area contributed by atoms with Gasteiger partial charge in [0, 0.05) is 16.6 Å². The summed E-state index contributed by atoms with van der Waals surface area (Å²) < 4.78 is 45.4. The van der Waals surface area contributed by atoms with Crippen molar-refractivity contribution in [2.45, 2.75) is 26.3 Å². The van der Waals surface area contributed by atoms with E-state index in [0.29, 0.717) is 12.3 Å². The first-order valence-electron chi connectivity index (χ1n) is 6.25.